The number of nitrogens with one attached hydrogen (secondary N) is 1. The molecule has 4 aliphatic rings. The fourth-order valence-electron chi connectivity index (χ4n) is 5.12. The third-order valence-electron chi connectivity index (χ3n) is 5.71. The zero-order valence-electron chi connectivity index (χ0n) is 11.7. The maximum Gasteiger partial charge on any atom is 0.101 e. The van der Waals surface area contributed by atoms with Gasteiger partial charge >= 0.3 is 0 Å². The van der Waals surface area contributed by atoms with E-state index in [9.17, 15) is 5.26 Å². The van der Waals surface area contributed by atoms with E-state index in [1.165, 1.54) is 32.1 Å². The SMILES string of the molecule is N#Cc1cc(N)ccc1NC1C2CC3CC(C2)CC1C3. The first-order valence-electron chi connectivity index (χ1n) is 7.79. The molecule has 0 saturated heterocycles. The summed E-state index contributed by atoms with van der Waals surface area (Å²) in [5, 5.41) is 13.0. The number of hydrogen-bond donors (Lipinski definition) is 2. The summed E-state index contributed by atoms with van der Waals surface area (Å²) in [5.41, 5.74) is 8.09. The molecule has 0 aromatic heterocycles. The maximum atomic E-state index is 9.28. The molecule has 4 fully saturated rings. The largest absolute Gasteiger partial charge is 0.399 e. The smallest absolute Gasteiger partial charge is 0.101 e. The van der Waals surface area contributed by atoms with Crippen LogP contribution in [-0.2, 0) is 0 Å². The first kappa shape index (κ1) is 12.1. The predicted octanol–water partition coefficient (Wildman–Crippen LogP) is 3.38. The highest BCUT2D eigenvalue weighted by Gasteiger charge is 2.48. The molecule has 3 nitrogen and oxygen atoms in total. The Bertz CT molecular complexity index is 544. The summed E-state index contributed by atoms with van der Waals surface area (Å²) in [7, 11) is 0. The third-order valence-corrected chi connectivity index (χ3v) is 5.71. The highest BCUT2D eigenvalue weighted by Crippen LogP contribution is 2.54. The van der Waals surface area contributed by atoms with Gasteiger partial charge in [0.1, 0.15) is 6.07 Å². The van der Waals surface area contributed by atoms with Gasteiger partial charge < -0.3 is 11.1 Å². The molecule has 20 heavy (non-hydrogen) atoms. The van der Waals surface area contributed by atoms with Crippen molar-refractivity contribution in [2.75, 3.05) is 11.1 Å². The van der Waals surface area contributed by atoms with Crippen molar-refractivity contribution >= 4 is 11.4 Å². The molecule has 1 aromatic carbocycles. The molecule has 0 spiro atoms. The minimum absolute atomic E-state index is 0.568. The van der Waals surface area contributed by atoms with Gasteiger partial charge in [-0.3, -0.25) is 0 Å². The Morgan fingerprint density at radius 3 is 2.30 bits per heavy atom. The number of nitrogen functional groups attached to an aromatic ring is 1. The van der Waals surface area contributed by atoms with E-state index in [1.54, 1.807) is 6.07 Å². The fraction of sp³-hybridized carbons (Fsp3) is 0.588. The minimum Gasteiger partial charge on any atom is -0.399 e. The number of hydrogen-bond acceptors (Lipinski definition) is 3. The Morgan fingerprint density at radius 2 is 1.70 bits per heavy atom. The van der Waals surface area contributed by atoms with Gasteiger partial charge in [-0.25, -0.2) is 0 Å². The Morgan fingerprint density at radius 1 is 1.05 bits per heavy atom. The molecule has 5 rings (SSSR count). The molecular weight excluding hydrogens is 246 g/mol. The first-order chi connectivity index (χ1) is 9.72. The van der Waals surface area contributed by atoms with E-state index in [1.807, 2.05) is 12.1 Å². The van der Waals surface area contributed by atoms with Crippen LogP contribution in [0.3, 0.4) is 0 Å². The van der Waals surface area contributed by atoms with Crippen molar-refractivity contribution in [2.45, 2.75) is 38.1 Å². The lowest BCUT2D eigenvalue weighted by Crippen LogP contribution is -2.51. The number of nitriles is 1. The van der Waals surface area contributed by atoms with Crippen LogP contribution in [0.25, 0.3) is 0 Å². The normalized spacial score (nSPS) is 37.6. The third kappa shape index (κ3) is 1.86. The second-order valence-electron chi connectivity index (χ2n) is 7.02. The van der Waals surface area contributed by atoms with Crippen molar-refractivity contribution in [3.05, 3.63) is 23.8 Å². The second-order valence-corrected chi connectivity index (χ2v) is 7.02. The lowest BCUT2D eigenvalue weighted by atomic mass is 9.54. The summed E-state index contributed by atoms with van der Waals surface area (Å²) >= 11 is 0. The summed E-state index contributed by atoms with van der Waals surface area (Å²) < 4.78 is 0. The van der Waals surface area contributed by atoms with Gasteiger partial charge in [-0.2, -0.15) is 5.26 Å². The molecular formula is C17H21N3. The van der Waals surface area contributed by atoms with E-state index in [0.717, 1.165) is 29.4 Å². The topological polar surface area (TPSA) is 61.8 Å². The van der Waals surface area contributed by atoms with E-state index in [2.05, 4.69) is 11.4 Å². The van der Waals surface area contributed by atoms with Gasteiger partial charge in [-0.05, 0) is 74.0 Å². The van der Waals surface area contributed by atoms with Gasteiger partial charge in [0, 0.05) is 11.7 Å². The average Bonchev–Trinajstić information content (AvgIpc) is 2.43. The van der Waals surface area contributed by atoms with Gasteiger partial charge in [-0.1, -0.05) is 0 Å². The molecule has 0 heterocycles. The highest BCUT2D eigenvalue weighted by atomic mass is 15.0. The monoisotopic (exact) mass is 267 g/mol. The number of benzene rings is 1. The first-order valence-corrected chi connectivity index (χ1v) is 7.79. The Labute approximate surface area is 120 Å². The molecule has 0 atom stereocenters. The summed E-state index contributed by atoms with van der Waals surface area (Å²) in [6, 6.07) is 8.47. The fourth-order valence-corrected chi connectivity index (χ4v) is 5.12. The van der Waals surface area contributed by atoms with Gasteiger partial charge in [0.25, 0.3) is 0 Å². The quantitative estimate of drug-likeness (QED) is 0.807. The molecule has 4 aliphatic carbocycles. The molecule has 3 N–H and O–H groups in total. The van der Waals surface area contributed by atoms with Gasteiger partial charge in [0.2, 0.25) is 0 Å². The van der Waals surface area contributed by atoms with Gasteiger partial charge in [0.15, 0.2) is 0 Å². The van der Waals surface area contributed by atoms with Crippen LogP contribution < -0.4 is 11.1 Å². The van der Waals surface area contributed by atoms with E-state index >= 15 is 0 Å². The molecule has 104 valence electrons. The summed E-state index contributed by atoms with van der Waals surface area (Å²) in [4.78, 5) is 0. The van der Waals surface area contributed by atoms with Crippen LogP contribution in [0.2, 0.25) is 0 Å². The van der Waals surface area contributed by atoms with Crippen LogP contribution in [0.15, 0.2) is 18.2 Å². The number of nitrogens with zero attached hydrogens (tertiary/aromatic N) is 1. The van der Waals surface area contributed by atoms with E-state index in [0.29, 0.717) is 17.3 Å². The average molecular weight is 267 g/mol. The Kier molecular flexibility index (Phi) is 2.66. The zero-order chi connectivity index (χ0) is 13.7. The molecule has 1 aromatic rings. The Balaban J connectivity index is 1.59. The van der Waals surface area contributed by atoms with Crippen molar-refractivity contribution in [2.24, 2.45) is 23.7 Å². The minimum atomic E-state index is 0.568. The number of rotatable bonds is 2. The lowest BCUT2D eigenvalue weighted by Gasteiger charge is -2.54. The van der Waals surface area contributed by atoms with Crippen molar-refractivity contribution in [3.63, 3.8) is 0 Å². The van der Waals surface area contributed by atoms with Crippen LogP contribution in [0.4, 0.5) is 11.4 Å². The van der Waals surface area contributed by atoms with Crippen molar-refractivity contribution < 1.29 is 0 Å². The zero-order valence-corrected chi connectivity index (χ0v) is 11.7. The van der Waals surface area contributed by atoms with Crippen molar-refractivity contribution in [1.82, 2.24) is 0 Å². The summed E-state index contributed by atoms with van der Waals surface area (Å²) in [6.45, 7) is 0. The van der Waals surface area contributed by atoms with Gasteiger partial charge in [-0.15, -0.1) is 0 Å². The van der Waals surface area contributed by atoms with Gasteiger partial charge in [0.05, 0.1) is 11.3 Å². The van der Waals surface area contributed by atoms with E-state index < -0.39 is 0 Å². The molecule has 0 amide bonds. The van der Waals surface area contributed by atoms with E-state index in [4.69, 9.17) is 5.73 Å². The maximum absolute atomic E-state index is 9.28. The summed E-state index contributed by atoms with van der Waals surface area (Å²) in [6.07, 6.45) is 7.04. The summed E-state index contributed by atoms with van der Waals surface area (Å²) in [5.74, 6) is 3.60. The number of anilines is 2. The molecule has 3 heteroatoms. The molecule has 4 bridgehead atoms. The molecule has 0 radical (unpaired) electrons. The standard InChI is InChI=1S/C17H21N3/c18-9-14-8-15(19)1-2-16(14)20-17-12-4-10-3-11(6-12)7-13(17)5-10/h1-2,8,10-13,17,20H,3-7,19H2. The van der Waals surface area contributed by atoms with Crippen LogP contribution in [-0.4, -0.2) is 6.04 Å². The molecule has 4 saturated carbocycles. The van der Waals surface area contributed by atoms with E-state index in [-0.39, 0.29) is 0 Å². The predicted molar refractivity (Wildman–Crippen MR) is 80.0 cm³/mol. The van der Waals surface area contributed by atoms with Crippen LogP contribution in [0, 0.1) is 35.0 Å². The van der Waals surface area contributed by atoms with Crippen LogP contribution >= 0.6 is 0 Å². The molecule has 0 aliphatic heterocycles. The highest BCUT2D eigenvalue weighted by molar-refractivity contribution is 5.63. The van der Waals surface area contributed by atoms with Crippen LogP contribution in [0.1, 0.15) is 37.7 Å². The molecule has 0 unspecified atom stereocenters. The second kappa shape index (κ2) is 4.41. The van der Waals surface area contributed by atoms with Crippen molar-refractivity contribution in [1.29, 1.82) is 5.26 Å². The number of nitrogens with two attached hydrogens (primary N) is 1. The van der Waals surface area contributed by atoms with Crippen molar-refractivity contribution in [3.8, 4) is 6.07 Å². The Hall–Kier alpha value is -1.69. The van der Waals surface area contributed by atoms with Crippen LogP contribution in [0.5, 0.6) is 0 Å². The lowest BCUT2D eigenvalue weighted by molar-refractivity contribution is 0.00753.